The predicted molar refractivity (Wildman–Crippen MR) is 69.6 cm³/mol. The molecule has 4 aliphatic rings. The van der Waals surface area contributed by atoms with Gasteiger partial charge < -0.3 is 9.64 Å². The number of nitrogens with zero attached hydrogens (tertiary/aromatic N) is 2. The molecule has 0 N–H and O–H groups in total. The standard InChI is InChI=1S/C15H18N2O2/c18-15(11-2-1-3-16-6-11)19-14-12-4-10-5-13(14)9-17(7-10)8-12/h1-3,6,10,12-14H,4-5,7-9H2/t10?,12-,13-,14?/m0/s1. The lowest BCUT2D eigenvalue weighted by Crippen LogP contribution is -2.60. The van der Waals surface area contributed by atoms with Crippen molar-refractivity contribution in [3.05, 3.63) is 30.1 Å². The summed E-state index contributed by atoms with van der Waals surface area (Å²) in [6, 6.07) is 3.55. The topological polar surface area (TPSA) is 42.4 Å². The van der Waals surface area contributed by atoms with Crippen LogP contribution in [0.5, 0.6) is 0 Å². The average molecular weight is 258 g/mol. The van der Waals surface area contributed by atoms with Crippen LogP contribution in [0.3, 0.4) is 0 Å². The third-order valence-electron chi connectivity index (χ3n) is 4.84. The van der Waals surface area contributed by atoms with Crippen LogP contribution in [0.25, 0.3) is 0 Å². The van der Waals surface area contributed by atoms with E-state index >= 15 is 0 Å². The molecule has 5 rings (SSSR count). The molecule has 0 amide bonds. The third-order valence-corrected chi connectivity index (χ3v) is 4.84. The molecular weight excluding hydrogens is 240 g/mol. The van der Waals surface area contributed by atoms with Crippen molar-refractivity contribution in [3.8, 4) is 0 Å². The minimum absolute atomic E-state index is 0.125. The number of carbonyl (C=O) groups excluding carboxylic acids is 1. The molecule has 0 spiro atoms. The second kappa shape index (κ2) is 4.30. The molecule has 0 unspecified atom stereocenters. The SMILES string of the molecule is O=C(OC1[C@H]2CC3C[C@H]1CN(C3)C2)c1cccnc1. The summed E-state index contributed by atoms with van der Waals surface area (Å²) >= 11 is 0. The Balaban J connectivity index is 1.50. The van der Waals surface area contributed by atoms with E-state index in [0.717, 1.165) is 19.0 Å². The molecule has 4 heteroatoms. The second-order valence-electron chi connectivity index (χ2n) is 6.19. The number of ether oxygens (including phenoxy) is 1. The van der Waals surface area contributed by atoms with Gasteiger partial charge in [-0.25, -0.2) is 4.79 Å². The van der Waals surface area contributed by atoms with Crippen LogP contribution >= 0.6 is 0 Å². The van der Waals surface area contributed by atoms with Crippen molar-refractivity contribution in [2.75, 3.05) is 19.6 Å². The first kappa shape index (κ1) is 11.4. The summed E-state index contributed by atoms with van der Waals surface area (Å²) in [6.45, 7) is 3.48. The van der Waals surface area contributed by atoms with Gasteiger partial charge in [0.1, 0.15) is 6.10 Å². The van der Waals surface area contributed by atoms with Crippen LogP contribution in [-0.2, 0) is 4.74 Å². The van der Waals surface area contributed by atoms with Gasteiger partial charge in [0, 0.05) is 43.9 Å². The normalized spacial score (nSPS) is 39.3. The average Bonchev–Trinajstić information content (AvgIpc) is 2.43. The van der Waals surface area contributed by atoms with Crippen molar-refractivity contribution in [2.45, 2.75) is 18.9 Å². The van der Waals surface area contributed by atoms with E-state index in [1.165, 1.54) is 19.4 Å². The number of esters is 1. The zero-order valence-electron chi connectivity index (χ0n) is 10.9. The zero-order chi connectivity index (χ0) is 12.8. The molecule has 4 bridgehead atoms. The van der Waals surface area contributed by atoms with E-state index in [0.29, 0.717) is 17.4 Å². The molecule has 1 saturated carbocycles. The summed E-state index contributed by atoms with van der Waals surface area (Å²) in [5.41, 5.74) is 0.566. The van der Waals surface area contributed by atoms with Crippen molar-refractivity contribution in [3.63, 3.8) is 0 Å². The Kier molecular flexibility index (Phi) is 2.58. The van der Waals surface area contributed by atoms with Gasteiger partial charge in [-0.1, -0.05) is 0 Å². The molecule has 100 valence electrons. The van der Waals surface area contributed by atoms with Crippen LogP contribution in [0, 0.1) is 17.8 Å². The molecular formula is C15H18N2O2. The number of hydrogen-bond donors (Lipinski definition) is 0. The Morgan fingerprint density at radius 2 is 2.05 bits per heavy atom. The minimum Gasteiger partial charge on any atom is -0.458 e. The number of piperidine rings is 3. The Hall–Kier alpha value is -1.42. The molecule has 2 atom stereocenters. The zero-order valence-corrected chi connectivity index (χ0v) is 10.9. The molecule has 4 fully saturated rings. The fraction of sp³-hybridized carbons (Fsp3) is 0.600. The molecule has 3 aliphatic heterocycles. The van der Waals surface area contributed by atoms with Crippen molar-refractivity contribution in [1.29, 1.82) is 0 Å². The van der Waals surface area contributed by atoms with Gasteiger partial charge in [-0.05, 0) is 30.9 Å². The van der Waals surface area contributed by atoms with Gasteiger partial charge in [0.2, 0.25) is 0 Å². The summed E-state index contributed by atoms with van der Waals surface area (Å²) in [4.78, 5) is 18.7. The fourth-order valence-electron chi connectivity index (χ4n) is 4.23. The van der Waals surface area contributed by atoms with Crippen LogP contribution < -0.4 is 0 Å². The molecule has 19 heavy (non-hydrogen) atoms. The quantitative estimate of drug-likeness (QED) is 0.755. The van der Waals surface area contributed by atoms with Gasteiger partial charge in [0.15, 0.2) is 0 Å². The monoisotopic (exact) mass is 258 g/mol. The Bertz CT molecular complexity index is 460. The maximum Gasteiger partial charge on any atom is 0.339 e. The lowest BCUT2D eigenvalue weighted by atomic mass is 9.66. The Labute approximate surface area is 112 Å². The predicted octanol–water partition coefficient (Wildman–Crippen LogP) is 1.58. The number of pyridine rings is 1. The molecule has 4 nitrogen and oxygen atoms in total. The maximum atomic E-state index is 12.2. The minimum atomic E-state index is -0.208. The number of carbonyl (C=O) groups is 1. The van der Waals surface area contributed by atoms with E-state index in [1.807, 2.05) is 0 Å². The van der Waals surface area contributed by atoms with E-state index in [-0.39, 0.29) is 12.1 Å². The van der Waals surface area contributed by atoms with E-state index < -0.39 is 0 Å². The number of aromatic nitrogens is 1. The number of hydrogen-bond acceptors (Lipinski definition) is 4. The van der Waals surface area contributed by atoms with E-state index in [4.69, 9.17) is 4.74 Å². The highest BCUT2D eigenvalue weighted by Crippen LogP contribution is 2.44. The summed E-state index contributed by atoms with van der Waals surface area (Å²) in [5, 5.41) is 0. The maximum absolute atomic E-state index is 12.2. The highest BCUT2D eigenvalue weighted by atomic mass is 16.5. The molecule has 1 aromatic rings. The van der Waals surface area contributed by atoms with Crippen molar-refractivity contribution in [2.24, 2.45) is 17.8 Å². The lowest BCUT2D eigenvalue weighted by Gasteiger charge is -2.55. The Morgan fingerprint density at radius 3 is 2.68 bits per heavy atom. The van der Waals surface area contributed by atoms with Gasteiger partial charge in [-0.15, -0.1) is 0 Å². The van der Waals surface area contributed by atoms with Gasteiger partial charge in [0.25, 0.3) is 0 Å². The third kappa shape index (κ3) is 1.94. The molecule has 1 aliphatic carbocycles. The van der Waals surface area contributed by atoms with Crippen molar-refractivity contribution < 1.29 is 9.53 Å². The Morgan fingerprint density at radius 1 is 1.26 bits per heavy atom. The van der Waals surface area contributed by atoms with E-state index in [2.05, 4.69) is 9.88 Å². The number of rotatable bonds is 2. The molecule has 0 radical (unpaired) electrons. The van der Waals surface area contributed by atoms with Crippen LogP contribution in [0.15, 0.2) is 24.5 Å². The van der Waals surface area contributed by atoms with E-state index in [9.17, 15) is 4.79 Å². The van der Waals surface area contributed by atoms with Crippen molar-refractivity contribution >= 4 is 5.97 Å². The summed E-state index contributed by atoms with van der Waals surface area (Å²) in [6.07, 6.45) is 5.85. The largest absolute Gasteiger partial charge is 0.458 e. The van der Waals surface area contributed by atoms with Gasteiger partial charge in [0.05, 0.1) is 5.56 Å². The second-order valence-corrected chi connectivity index (χ2v) is 6.19. The first-order valence-corrected chi connectivity index (χ1v) is 7.13. The smallest absolute Gasteiger partial charge is 0.339 e. The molecule has 0 aromatic carbocycles. The lowest BCUT2D eigenvalue weighted by molar-refractivity contribution is -0.116. The highest BCUT2D eigenvalue weighted by Gasteiger charge is 2.49. The van der Waals surface area contributed by atoms with Crippen LogP contribution in [0.4, 0.5) is 0 Å². The van der Waals surface area contributed by atoms with Crippen LogP contribution in [-0.4, -0.2) is 41.6 Å². The molecule has 3 saturated heterocycles. The van der Waals surface area contributed by atoms with Crippen LogP contribution in [0.1, 0.15) is 23.2 Å². The van der Waals surface area contributed by atoms with Crippen LogP contribution in [0.2, 0.25) is 0 Å². The van der Waals surface area contributed by atoms with E-state index in [1.54, 1.807) is 24.5 Å². The fourth-order valence-corrected chi connectivity index (χ4v) is 4.23. The first-order chi connectivity index (χ1) is 9.29. The van der Waals surface area contributed by atoms with Crippen molar-refractivity contribution in [1.82, 2.24) is 9.88 Å². The summed E-state index contributed by atoms with van der Waals surface area (Å²) < 4.78 is 5.81. The van der Waals surface area contributed by atoms with Gasteiger partial charge in [-0.2, -0.15) is 0 Å². The molecule has 4 heterocycles. The summed E-state index contributed by atoms with van der Waals surface area (Å²) in [5.74, 6) is 1.73. The van der Waals surface area contributed by atoms with Gasteiger partial charge in [-0.3, -0.25) is 4.98 Å². The first-order valence-electron chi connectivity index (χ1n) is 7.13. The highest BCUT2D eigenvalue weighted by molar-refractivity contribution is 5.89. The summed E-state index contributed by atoms with van der Waals surface area (Å²) in [7, 11) is 0. The molecule has 1 aromatic heterocycles. The van der Waals surface area contributed by atoms with Gasteiger partial charge >= 0.3 is 5.97 Å².